The quantitative estimate of drug-likeness (QED) is 0.798. The standard InChI is InChI=1S/C18H28N2O/c1-13-9-10-18(12-19,16-7-3-2-6-15(13)16)20-17-8-4-5-14(17)11-21/h2-3,6-7,13-14,17,20-21H,4-5,8-12,19H2,1H3. The van der Waals surface area contributed by atoms with Crippen LogP contribution in [0.25, 0.3) is 0 Å². The summed E-state index contributed by atoms with van der Waals surface area (Å²) in [6.07, 6.45) is 5.77. The highest BCUT2D eigenvalue weighted by Crippen LogP contribution is 2.42. The first-order valence-electron chi connectivity index (χ1n) is 8.38. The zero-order chi connectivity index (χ0) is 14.9. The van der Waals surface area contributed by atoms with Crippen LogP contribution in [0.1, 0.15) is 56.1 Å². The molecule has 21 heavy (non-hydrogen) atoms. The zero-order valence-electron chi connectivity index (χ0n) is 13.0. The molecule has 0 aromatic heterocycles. The second-order valence-corrected chi connectivity index (χ2v) is 6.94. The number of fused-ring (bicyclic) bond motifs is 1. The first-order valence-corrected chi connectivity index (χ1v) is 8.38. The molecule has 0 bridgehead atoms. The first kappa shape index (κ1) is 15.0. The van der Waals surface area contributed by atoms with Gasteiger partial charge in [-0.3, -0.25) is 0 Å². The van der Waals surface area contributed by atoms with Crippen LogP contribution in [0.3, 0.4) is 0 Å². The Labute approximate surface area is 127 Å². The second kappa shape index (κ2) is 6.07. The van der Waals surface area contributed by atoms with Crippen molar-refractivity contribution in [3.63, 3.8) is 0 Å². The van der Waals surface area contributed by atoms with E-state index in [4.69, 9.17) is 5.73 Å². The Morgan fingerprint density at radius 3 is 2.86 bits per heavy atom. The normalized spacial score (nSPS) is 35.7. The summed E-state index contributed by atoms with van der Waals surface area (Å²) < 4.78 is 0. The van der Waals surface area contributed by atoms with Gasteiger partial charge < -0.3 is 16.2 Å². The van der Waals surface area contributed by atoms with Crippen LogP contribution in [-0.2, 0) is 5.54 Å². The summed E-state index contributed by atoms with van der Waals surface area (Å²) in [4.78, 5) is 0. The molecule has 2 aliphatic carbocycles. The van der Waals surface area contributed by atoms with Gasteiger partial charge in [0.2, 0.25) is 0 Å². The Morgan fingerprint density at radius 1 is 1.29 bits per heavy atom. The van der Waals surface area contributed by atoms with Crippen LogP contribution in [0, 0.1) is 5.92 Å². The average molecular weight is 288 g/mol. The molecule has 116 valence electrons. The summed E-state index contributed by atoms with van der Waals surface area (Å²) in [5.74, 6) is 1.000. The number of hydrogen-bond acceptors (Lipinski definition) is 3. The lowest BCUT2D eigenvalue weighted by atomic mass is 9.71. The van der Waals surface area contributed by atoms with Gasteiger partial charge in [0.15, 0.2) is 0 Å². The van der Waals surface area contributed by atoms with Crippen LogP contribution in [0.5, 0.6) is 0 Å². The fourth-order valence-corrected chi connectivity index (χ4v) is 4.34. The van der Waals surface area contributed by atoms with Crippen LogP contribution in [-0.4, -0.2) is 24.3 Å². The zero-order valence-corrected chi connectivity index (χ0v) is 13.0. The van der Waals surface area contributed by atoms with Gasteiger partial charge in [0, 0.05) is 19.2 Å². The van der Waals surface area contributed by atoms with Crippen molar-refractivity contribution >= 4 is 0 Å². The molecule has 1 saturated carbocycles. The molecule has 4 atom stereocenters. The average Bonchev–Trinajstić information content (AvgIpc) is 2.97. The predicted octanol–water partition coefficient (Wildman–Crippen LogP) is 2.49. The molecular weight excluding hydrogens is 260 g/mol. The smallest absolute Gasteiger partial charge is 0.0564 e. The fraction of sp³-hybridized carbons (Fsp3) is 0.667. The minimum atomic E-state index is -0.106. The number of rotatable bonds is 4. The number of aliphatic hydroxyl groups is 1. The molecule has 1 aromatic rings. The van der Waals surface area contributed by atoms with E-state index in [1.54, 1.807) is 0 Å². The van der Waals surface area contributed by atoms with Crippen molar-refractivity contribution in [2.24, 2.45) is 11.7 Å². The van der Waals surface area contributed by atoms with Gasteiger partial charge in [-0.25, -0.2) is 0 Å². The van der Waals surface area contributed by atoms with Crippen LogP contribution in [0.2, 0.25) is 0 Å². The maximum atomic E-state index is 9.59. The molecule has 0 heterocycles. The van der Waals surface area contributed by atoms with E-state index in [9.17, 15) is 5.11 Å². The first-order chi connectivity index (χ1) is 10.2. The number of aliphatic hydroxyl groups excluding tert-OH is 1. The van der Waals surface area contributed by atoms with Gasteiger partial charge in [-0.15, -0.1) is 0 Å². The maximum Gasteiger partial charge on any atom is 0.0564 e. The van der Waals surface area contributed by atoms with Crippen molar-refractivity contribution in [3.8, 4) is 0 Å². The molecule has 3 rings (SSSR count). The third-order valence-electron chi connectivity index (χ3n) is 5.72. The second-order valence-electron chi connectivity index (χ2n) is 6.94. The van der Waals surface area contributed by atoms with Crippen molar-refractivity contribution in [2.75, 3.05) is 13.2 Å². The highest BCUT2D eigenvalue weighted by Gasteiger charge is 2.41. The molecule has 1 fully saturated rings. The van der Waals surface area contributed by atoms with Crippen molar-refractivity contribution < 1.29 is 5.11 Å². The molecule has 0 amide bonds. The molecule has 0 radical (unpaired) electrons. The lowest BCUT2D eigenvalue weighted by molar-refractivity contribution is 0.168. The third-order valence-corrected chi connectivity index (χ3v) is 5.72. The summed E-state index contributed by atoms with van der Waals surface area (Å²) in [5, 5.41) is 13.5. The van der Waals surface area contributed by atoms with E-state index in [0.717, 1.165) is 19.3 Å². The summed E-state index contributed by atoms with van der Waals surface area (Å²) >= 11 is 0. The van der Waals surface area contributed by atoms with E-state index >= 15 is 0 Å². The monoisotopic (exact) mass is 288 g/mol. The van der Waals surface area contributed by atoms with E-state index in [0.29, 0.717) is 24.4 Å². The largest absolute Gasteiger partial charge is 0.396 e. The molecule has 0 aliphatic heterocycles. The van der Waals surface area contributed by atoms with Gasteiger partial charge in [-0.05, 0) is 48.6 Å². The summed E-state index contributed by atoms with van der Waals surface area (Å²) in [6, 6.07) is 9.16. The van der Waals surface area contributed by atoms with Gasteiger partial charge in [0.25, 0.3) is 0 Å². The van der Waals surface area contributed by atoms with E-state index < -0.39 is 0 Å². The number of benzene rings is 1. The Balaban J connectivity index is 1.92. The fourth-order valence-electron chi connectivity index (χ4n) is 4.34. The van der Waals surface area contributed by atoms with Crippen LogP contribution >= 0.6 is 0 Å². The van der Waals surface area contributed by atoms with Gasteiger partial charge >= 0.3 is 0 Å². The van der Waals surface area contributed by atoms with Gasteiger partial charge in [-0.1, -0.05) is 37.6 Å². The molecule has 4 unspecified atom stereocenters. The number of nitrogens with two attached hydrogens (primary N) is 1. The highest BCUT2D eigenvalue weighted by molar-refractivity contribution is 5.39. The Hall–Kier alpha value is -0.900. The predicted molar refractivity (Wildman–Crippen MR) is 86.2 cm³/mol. The third kappa shape index (κ3) is 2.63. The van der Waals surface area contributed by atoms with Crippen LogP contribution < -0.4 is 11.1 Å². The van der Waals surface area contributed by atoms with E-state index in [2.05, 4.69) is 36.5 Å². The van der Waals surface area contributed by atoms with Crippen LogP contribution in [0.15, 0.2) is 24.3 Å². The molecule has 0 spiro atoms. The highest BCUT2D eigenvalue weighted by atomic mass is 16.3. The molecule has 4 N–H and O–H groups in total. The van der Waals surface area contributed by atoms with Crippen molar-refractivity contribution in [2.45, 2.75) is 56.5 Å². The van der Waals surface area contributed by atoms with E-state index in [1.165, 1.54) is 24.0 Å². The lowest BCUT2D eigenvalue weighted by Crippen LogP contribution is -2.55. The number of nitrogens with one attached hydrogen (secondary N) is 1. The van der Waals surface area contributed by atoms with Gasteiger partial charge in [-0.2, -0.15) is 0 Å². The summed E-state index contributed by atoms with van der Waals surface area (Å²) in [7, 11) is 0. The molecule has 3 heteroatoms. The van der Waals surface area contributed by atoms with Crippen molar-refractivity contribution in [3.05, 3.63) is 35.4 Å². The van der Waals surface area contributed by atoms with Crippen molar-refractivity contribution in [1.82, 2.24) is 5.32 Å². The molecule has 2 aliphatic rings. The molecular formula is C18H28N2O. The SMILES string of the molecule is CC1CCC(CN)(NC2CCCC2CO)c2ccccc21. The molecule has 0 saturated heterocycles. The van der Waals surface area contributed by atoms with Gasteiger partial charge in [0.1, 0.15) is 0 Å². The minimum absolute atomic E-state index is 0.106. The summed E-state index contributed by atoms with van der Waals surface area (Å²) in [6.45, 7) is 3.23. The van der Waals surface area contributed by atoms with E-state index in [-0.39, 0.29) is 12.1 Å². The Bertz CT molecular complexity index is 490. The van der Waals surface area contributed by atoms with Gasteiger partial charge in [0.05, 0.1) is 5.54 Å². The minimum Gasteiger partial charge on any atom is -0.396 e. The lowest BCUT2D eigenvalue weighted by Gasteiger charge is -2.44. The van der Waals surface area contributed by atoms with E-state index in [1.807, 2.05) is 0 Å². The maximum absolute atomic E-state index is 9.59. The van der Waals surface area contributed by atoms with Crippen LogP contribution in [0.4, 0.5) is 0 Å². The molecule has 3 nitrogen and oxygen atoms in total. The Kier molecular flexibility index (Phi) is 4.34. The molecule has 1 aromatic carbocycles. The Morgan fingerprint density at radius 2 is 2.10 bits per heavy atom. The summed E-state index contributed by atoms with van der Waals surface area (Å²) in [5.41, 5.74) is 8.96. The van der Waals surface area contributed by atoms with Crippen molar-refractivity contribution in [1.29, 1.82) is 0 Å². The number of hydrogen-bond donors (Lipinski definition) is 3. The topological polar surface area (TPSA) is 58.3 Å².